The molecule has 0 saturated carbocycles. The third-order valence-electron chi connectivity index (χ3n) is 8.59. The number of amides is 3. The summed E-state index contributed by atoms with van der Waals surface area (Å²) in [7, 11) is 0. The number of alkyl halides is 2. The lowest BCUT2D eigenvalue weighted by Gasteiger charge is -2.42. The van der Waals surface area contributed by atoms with Crippen LogP contribution in [0, 0.1) is 17.6 Å². The number of fused-ring (bicyclic) bond motifs is 1. The number of benzene rings is 3. The van der Waals surface area contributed by atoms with Crippen molar-refractivity contribution in [3.05, 3.63) is 106 Å². The monoisotopic (exact) mass is 579 g/mol. The van der Waals surface area contributed by atoms with Crippen LogP contribution in [0.3, 0.4) is 0 Å². The van der Waals surface area contributed by atoms with Crippen LogP contribution < -0.4 is 5.32 Å². The predicted octanol–water partition coefficient (Wildman–Crippen LogP) is 5.02. The molecule has 3 aromatic carbocycles. The van der Waals surface area contributed by atoms with E-state index in [-0.39, 0.29) is 44.2 Å². The van der Waals surface area contributed by atoms with Crippen molar-refractivity contribution in [2.24, 2.45) is 5.92 Å². The molecule has 3 aromatic rings. The first-order chi connectivity index (χ1) is 20.1. The number of carbonyl (C=O) groups is 3. The predicted molar refractivity (Wildman–Crippen MR) is 145 cm³/mol. The number of imide groups is 1. The van der Waals surface area contributed by atoms with Crippen LogP contribution in [-0.2, 0) is 22.7 Å². The Labute approximate surface area is 240 Å². The van der Waals surface area contributed by atoms with Gasteiger partial charge >= 0.3 is 0 Å². The van der Waals surface area contributed by atoms with Crippen LogP contribution in [-0.4, -0.2) is 52.6 Å². The summed E-state index contributed by atoms with van der Waals surface area (Å²) in [5, 5.41) is 2.28. The zero-order valence-corrected chi connectivity index (χ0v) is 22.7. The lowest BCUT2D eigenvalue weighted by molar-refractivity contribution is -0.136. The van der Waals surface area contributed by atoms with Crippen LogP contribution in [0.25, 0.3) is 0 Å². The quantitative estimate of drug-likeness (QED) is 0.329. The van der Waals surface area contributed by atoms with Crippen LogP contribution in [0.5, 0.6) is 0 Å². The van der Waals surface area contributed by atoms with Gasteiger partial charge < -0.3 is 4.90 Å². The molecule has 0 bridgehead atoms. The van der Waals surface area contributed by atoms with E-state index in [1.165, 1.54) is 53.4 Å². The molecule has 2 fully saturated rings. The summed E-state index contributed by atoms with van der Waals surface area (Å²) in [6.45, 7) is 0.357. The Bertz CT molecular complexity index is 1480. The van der Waals surface area contributed by atoms with Gasteiger partial charge in [-0.2, -0.15) is 0 Å². The summed E-state index contributed by atoms with van der Waals surface area (Å²) in [6.07, 6.45) is 0.590. The Morgan fingerprint density at radius 2 is 1.52 bits per heavy atom. The SMILES string of the molecule is O=C1CCC(N2Cc3cc(CN4CC[C@H](C(c5ccc(F)cc5)c5ccc(F)cc5)C(F)(F)C4)ccc3C2=O)C(=O)N1. The fourth-order valence-corrected chi connectivity index (χ4v) is 6.55. The number of hydrogen-bond donors (Lipinski definition) is 1. The Kier molecular flexibility index (Phi) is 7.34. The van der Waals surface area contributed by atoms with E-state index in [2.05, 4.69) is 5.32 Å². The number of piperidine rings is 2. The Morgan fingerprint density at radius 3 is 2.12 bits per heavy atom. The van der Waals surface area contributed by atoms with Gasteiger partial charge in [-0.25, -0.2) is 17.6 Å². The maximum atomic E-state index is 15.9. The standard InChI is InChI=1S/C32H29F4N3O3/c33-23-6-2-20(3-7-23)29(21-4-8-24(34)9-5-21)26-13-14-38(18-32(26,35)36)16-19-1-10-25-22(15-19)17-39(31(25)42)27-11-12-28(40)37-30(27)41/h1-10,15,26-27,29H,11-14,16-18H2,(H,37,40,41)/t26-,27?/m1/s1. The summed E-state index contributed by atoms with van der Waals surface area (Å²) >= 11 is 0. The van der Waals surface area contributed by atoms with Crippen LogP contribution in [0.4, 0.5) is 17.6 Å². The first-order valence-electron chi connectivity index (χ1n) is 14.0. The van der Waals surface area contributed by atoms with Gasteiger partial charge in [0.1, 0.15) is 17.7 Å². The molecule has 0 radical (unpaired) electrons. The molecule has 2 atom stereocenters. The number of nitrogens with one attached hydrogen (secondary N) is 1. The largest absolute Gasteiger partial charge is 0.322 e. The number of carbonyl (C=O) groups excluding carboxylic acids is 3. The van der Waals surface area contributed by atoms with E-state index in [1.54, 1.807) is 17.0 Å². The molecular formula is C32H29F4N3O3. The molecule has 42 heavy (non-hydrogen) atoms. The number of halogens is 4. The van der Waals surface area contributed by atoms with Crippen LogP contribution in [0.15, 0.2) is 66.7 Å². The third-order valence-corrected chi connectivity index (χ3v) is 8.59. The first-order valence-corrected chi connectivity index (χ1v) is 14.0. The number of likely N-dealkylation sites (tertiary alicyclic amines) is 1. The van der Waals surface area contributed by atoms with Crippen molar-refractivity contribution in [3.8, 4) is 0 Å². The zero-order chi connectivity index (χ0) is 29.6. The molecule has 3 aliphatic heterocycles. The highest BCUT2D eigenvalue weighted by Crippen LogP contribution is 2.46. The Morgan fingerprint density at radius 1 is 0.881 bits per heavy atom. The topological polar surface area (TPSA) is 69.7 Å². The van der Waals surface area contributed by atoms with E-state index in [9.17, 15) is 23.2 Å². The molecule has 1 N–H and O–H groups in total. The molecule has 10 heteroatoms. The minimum absolute atomic E-state index is 0.162. The van der Waals surface area contributed by atoms with Crippen molar-refractivity contribution in [1.29, 1.82) is 0 Å². The van der Waals surface area contributed by atoms with Crippen molar-refractivity contribution >= 4 is 17.7 Å². The highest BCUT2D eigenvalue weighted by molar-refractivity contribution is 6.05. The van der Waals surface area contributed by atoms with Crippen molar-refractivity contribution in [2.75, 3.05) is 13.1 Å². The maximum absolute atomic E-state index is 15.9. The van der Waals surface area contributed by atoms with Crippen molar-refractivity contribution in [2.45, 2.75) is 50.2 Å². The van der Waals surface area contributed by atoms with Gasteiger partial charge in [0.15, 0.2) is 0 Å². The summed E-state index contributed by atoms with van der Waals surface area (Å²) in [5.74, 6) is -6.98. The molecule has 3 amide bonds. The van der Waals surface area contributed by atoms with E-state index < -0.39 is 47.9 Å². The van der Waals surface area contributed by atoms with Crippen LogP contribution in [0.1, 0.15) is 57.8 Å². The summed E-state index contributed by atoms with van der Waals surface area (Å²) in [6, 6.07) is 15.5. The molecule has 218 valence electrons. The third kappa shape index (κ3) is 5.43. The molecule has 6 rings (SSSR count). The van der Waals surface area contributed by atoms with E-state index in [0.717, 1.165) is 11.1 Å². The Hall–Kier alpha value is -4.05. The summed E-state index contributed by atoms with van der Waals surface area (Å²) in [4.78, 5) is 40.0. The van der Waals surface area contributed by atoms with Crippen LogP contribution >= 0.6 is 0 Å². The lowest BCUT2D eigenvalue weighted by Crippen LogP contribution is -2.52. The van der Waals surface area contributed by atoms with Gasteiger partial charge in [-0.3, -0.25) is 24.6 Å². The average Bonchev–Trinajstić information content (AvgIpc) is 3.26. The second-order valence-electron chi connectivity index (χ2n) is 11.3. The molecular weight excluding hydrogens is 550 g/mol. The maximum Gasteiger partial charge on any atom is 0.264 e. The first kappa shape index (κ1) is 28.1. The fraction of sp³-hybridized carbons (Fsp3) is 0.344. The minimum Gasteiger partial charge on any atom is -0.322 e. The van der Waals surface area contributed by atoms with Crippen LogP contribution in [0.2, 0.25) is 0 Å². The fourth-order valence-electron chi connectivity index (χ4n) is 6.55. The molecule has 1 unspecified atom stereocenters. The normalized spacial score (nSPS) is 22.4. The van der Waals surface area contributed by atoms with Gasteiger partial charge in [0.2, 0.25) is 11.8 Å². The van der Waals surface area contributed by atoms with Crippen molar-refractivity contribution < 1.29 is 31.9 Å². The van der Waals surface area contributed by atoms with Gasteiger partial charge in [0.05, 0.1) is 6.54 Å². The Balaban J connectivity index is 1.18. The molecule has 0 aliphatic carbocycles. The van der Waals surface area contributed by atoms with Crippen molar-refractivity contribution in [1.82, 2.24) is 15.1 Å². The van der Waals surface area contributed by atoms with Crippen molar-refractivity contribution in [3.63, 3.8) is 0 Å². The van der Waals surface area contributed by atoms with E-state index >= 15 is 8.78 Å². The molecule has 6 nitrogen and oxygen atoms in total. The zero-order valence-electron chi connectivity index (χ0n) is 22.7. The number of hydrogen-bond acceptors (Lipinski definition) is 4. The number of nitrogens with zero attached hydrogens (tertiary/aromatic N) is 2. The van der Waals surface area contributed by atoms with Gasteiger partial charge in [-0.1, -0.05) is 36.4 Å². The second kappa shape index (κ2) is 11.0. The van der Waals surface area contributed by atoms with Gasteiger partial charge in [0.25, 0.3) is 11.8 Å². The van der Waals surface area contributed by atoms with E-state index in [0.29, 0.717) is 23.2 Å². The van der Waals surface area contributed by atoms with Gasteiger partial charge in [-0.15, -0.1) is 0 Å². The van der Waals surface area contributed by atoms with Gasteiger partial charge in [-0.05, 0) is 72.0 Å². The number of rotatable bonds is 6. The molecule has 0 aromatic heterocycles. The average molecular weight is 580 g/mol. The lowest BCUT2D eigenvalue weighted by atomic mass is 9.74. The highest BCUT2D eigenvalue weighted by atomic mass is 19.3. The molecule has 3 heterocycles. The highest BCUT2D eigenvalue weighted by Gasteiger charge is 2.49. The smallest absolute Gasteiger partial charge is 0.264 e. The molecule has 3 aliphatic rings. The summed E-state index contributed by atoms with van der Waals surface area (Å²) in [5.41, 5.74) is 3.05. The molecule has 0 spiro atoms. The minimum atomic E-state index is -3.10. The van der Waals surface area contributed by atoms with E-state index in [1.807, 2.05) is 6.07 Å². The molecule has 2 saturated heterocycles. The van der Waals surface area contributed by atoms with Gasteiger partial charge in [0, 0.05) is 36.9 Å². The second-order valence-corrected chi connectivity index (χ2v) is 11.3. The summed E-state index contributed by atoms with van der Waals surface area (Å²) < 4.78 is 59.1. The van der Waals surface area contributed by atoms with E-state index in [4.69, 9.17) is 0 Å².